The summed E-state index contributed by atoms with van der Waals surface area (Å²) in [6.07, 6.45) is 1.82. The molecule has 0 saturated heterocycles. The molecule has 3 rings (SSSR count). The van der Waals surface area contributed by atoms with E-state index >= 15 is 0 Å². The summed E-state index contributed by atoms with van der Waals surface area (Å²) in [4.78, 5) is 37.5. The Bertz CT molecular complexity index is 1360. The Kier molecular flexibility index (Phi) is 7.94. The number of carbonyl (C=O) groups is 2. The summed E-state index contributed by atoms with van der Waals surface area (Å²) < 4.78 is 6.83. The first kappa shape index (κ1) is 25.5. The minimum atomic E-state index is -1.07. The molecule has 0 saturated carbocycles. The third kappa shape index (κ3) is 5.89. The van der Waals surface area contributed by atoms with Crippen molar-refractivity contribution in [2.75, 3.05) is 12.4 Å². The van der Waals surface area contributed by atoms with Gasteiger partial charge < -0.3 is 15.2 Å². The Hall–Kier alpha value is -4.09. The molecular formula is C26H24ClN3O5. The van der Waals surface area contributed by atoms with Gasteiger partial charge in [0.2, 0.25) is 5.91 Å². The van der Waals surface area contributed by atoms with Crippen molar-refractivity contribution < 1.29 is 19.4 Å². The molecule has 2 aromatic carbocycles. The second-order valence-electron chi connectivity index (χ2n) is 8.32. The molecule has 1 atom stereocenters. The first-order valence-electron chi connectivity index (χ1n) is 10.8. The Labute approximate surface area is 207 Å². The number of aromatic nitrogens is 1. The Morgan fingerprint density at radius 1 is 1.14 bits per heavy atom. The van der Waals surface area contributed by atoms with Crippen molar-refractivity contribution in [2.45, 2.75) is 26.3 Å². The maximum Gasteiger partial charge on any atom is 0.335 e. The van der Waals surface area contributed by atoms with Crippen LogP contribution in [0, 0.1) is 17.2 Å². The maximum absolute atomic E-state index is 13.2. The van der Waals surface area contributed by atoms with Crippen molar-refractivity contribution in [3.63, 3.8) is 0 Å². The molecule has 2 N–H and O–H groups in total. The molecule has 0 spiro atoms. The van der Waals surface area contributed by atoms with Crippen LogP contribution in [-0.4, -0.2) is 28.7 Å². The zero-order chi connectivity index (χ0) is 25.7. The number of rotatable bonds is 8. The largest absolute Gasteiger partial charge is 0.495 e. The van der Waals surface area contributed by atoms with E-state index in [1.807, 2.05) is 13.8 Å². The number of carboxylic acids is 1. The molecule has 1 aromatic heterocycles. The SMILES string of the molecule is COc1cn([C@@H](CC(C)C)C(=O)Nc2ccc(C(=O)O)cc2)c(=O)cc1-c1cc(Cl)ccc1C#N. The molecule has 0 aliphatic heterocycles. The second kappa shape index (κ2) is 10.9. The number of carboxylic acid groups (broad SMARTS) is 1. The predicted molar refractivity (Wildman–Crippen MR) is 133 cm³/mol. The highest BCUT2D eigenvalue weighted by Gasteiger charge is 2.25. The average Bonchev–Trinajstić information content (AvgIpc) is 2.82. The van der Waals surface area contributed by atoms with Gasteiger partial charge in [0.1, 0.15) is 11.8 Å². The third-order valence-corrected chi connectivity index (χ3v) is 5.62. The lowest BCUT2D eigenvalue weighted by molar-refractivity contribution is -0.119. The van der Waals surface area contributed by atoms with Crippen LogP contribution in [0.2, 0.25) is 5.02 Å². The fourth-order valence-corrected chi connectivity index (χ4v) is 3.87. The Morgan fingerprint density at radius 2 is 1.83 bits per heavy atom. The van der Waals surface area contributed by atoms with Gasteiger partial charge in [-0.25, -0.2) is 4.79 Å². The monoisotopic (exact) mass is 493 g/mol. The van der Waals surface area contributed by atoms with Crippen LogP contribution in [-0.2, 0) is 4.79 Å². The van der Waals surface area contributed by atoms with E-state index in [1.54, 1.807) is 18.2 Å². The van der Waals surface area contributed by atoms with Crippen LogP contribution in [0.25, 0.3) is 11.1 Å². The summed E-state index contributed by atoms with van der Waals surface area (Å²) in [6, 6.07) is 13.0. The van der Waals surface area contributed by atoms with Crippen molar-refractivity contribution >= 4 is 29.2 Å². The van der Waals surface area contributed by atoms with Crippen LogP contribution in [0.15, 0.2) is 59.5 Å². The van der Waals surface area contributed by atoms with E-state index < -0.39 is 23.5 Å². The number of amides is 1. The van der Waals surface area contributed by atoms with Crippen molar-refractivity contribution in [3.05, 3.63) is 81.2 Å². The van der Waals surface area contributed by atoms with Crippen molar-refractivity contribution in [3.8, 4) is 22.9 Å². The molecule has 35 heavy (non-hydrogen) atoms. The summed E-state index contributed by atoms with van der Waals surface area (Å²) in [5.74, 6) is -1.12. The number of benzene rings is 2. The third-order valence-electron chi connectivity index (χ3n) is 5.39. The molecule has 1 heterocycles. The van der Waals surface area contributed by atoms with E-state index in [1.165, 1.54) is 48.2 Å². The molecule has 9 heteroatoms. The predicted octanol–water partition coefficient (Wildman–Crippen LogP) is 4.97. The van der Waals surface area contributed by atoms with Crippen LogP contribution in [0.5, 0.6) is 5.75 Å². The highest BCUT2D eigenvalue weighted by atomic mass is 35.5. The highest BCUT2D eigenvalue weighted by molar-refractivity contribution is 6.31. The number of hydrogen-bond donors (Lipinski definition) is 2. The molecule has 0 unspecified atom stereocenters. The van der Waals surface area contributed by atoms with Gasteiger partial charge in [-0.3, -0.25) is 14.2 Å². The quantitative estimate of drug-likeness (QED) is 0.456. The number of hydrogen-bond acceptors (Lipinski definition) is 5. The number of nitrogens with one attached hydrogen (secondary N) is 1. The van der Waals surface area contributed by atoms with Crippen LogP contribution in [0.3, 0.4) is 0 Å². The van der Waals surface area contributed by atoms with Crippen LogP contribution < -0.4 is 15.6 Å². The van der Waals surface area contributed by atoms with Crippen LogP contribution in [0.4, 0.5) is 5.69 Å². The fourth-order valence-electron chi connectivity index (χ4n) is 3.70. The lowest BCUT2D eigenvalue weighted by Gasteiger charge is -2.23. The van der Waals surface area contributed by atoms with Crippen LogP contribution >= 0.6 is 11.6 Å². The normalized spacial score (nSPS) is 11.5. The Morgan fingerprint density at radius 3 is 2.40 bits per heavy atom. The Balaban J connectivity index is 2.04. The standard InChI is InChI=1S/C26H24ClN3O5/c1-15(2)10-22(25(32)29-19-8-5-16(6-9-19)26(33)34)30-14-23(35-3)21(12-24(30)31)20-11-18(27)7-4-17(20)13-28/h4-9,11-12,14-15,22H,10H2,1-3H3,(H,29,32)(H,33,34)/t22-/m0/s1. The fraction of sp³-hybridized carbons (Fsp3) is 0.231. The molecule has 0 radical (unpaired) electrons. The van der Waals surface area contributed by atoms with Crippen molar-refractivity contribution in [2.24, 2.45) is 5.92 Å². The number of methoxy groups -OCH3 is 1. The molecule has 0 aliphatic carbocycles. The number of aromatic carboxylic acids is 1. The minimum Gasteiger partial charge on any atom is -0.495 e. The molecular weight excluding hydrogens is 470 g/mol. The van der Waals surface area contributed by atoms with Gasteiger partial charge in [-0.05, 0) is 54.8 Å². The molecule has 180 valence electrons. The number of pyridine rings is 1. The summed E-state index contributed by atoms with van der Waals surface area (Å²) in [7, 11) is 1.44. The van der Waals surface area contributed by atoms with E-state index in [0.29, 0.717) is 39.6 Å². The van der Waals surface area contributed by atoms with Gasteiger partial charge in [0.25, 0.3) is 5.56 Å². The van der Waals surface area contributed by atoms with E-state index in [9.17, 15) is 19.6 Å². The smallest absolute Gasteiger partial charge is 0.335 e. The summed E-state index contributed by atoms with van der Waals surface area (Å²) >= 11 is 6.12. The van der Waals surface area contributed by atoms with Crippen LogP contribution in [0.1, 0.15) is 42.2 Å². The van der Waals surface area contributed by atoms with E-state index in [4.69, 9.17) is 21.4 Å². The van der Waals surface area contributed by atoms with Gasteiger partial charge in [-0.15, -0.1) is 0 Å². The first-order chi connectivity index (χ1) is 16.6. The topological polar surface area (TPSA) is 121 Å². The van der Waals surface area contributed by atoms with Gasteiger partial charge in [0, 0.05) is 27.9 Å². The maximum atomic E-state index is 13.2. The van der Waals surface area contributed by atoms with E-state index in [2.05, 4.69) is 11.4 Å². The zero-order valence-corrected chi connectivity index (χ0v) is 20.2. The second-order valence-corrected chi connectivity index (χ2v) is 8.76. The van der Waals surface area contributed by atoms with Gasteiger partial charge in [-0.1, -0.05) is 25.4 Å². The lowest BCUT2D eigenvalue weighted by atomic mass is 9.99. The highest BCUT2D eigenvalue weighted by Crippen LogP contribution is 2.34. The van der Waals surface area contributed by atoms with Gasteiger partial charge in [-0.2, -0.15) is 5.26 Å². The van der Waals surface area contributed by atoms with Crippen molar-refractivity contribution in [1.29, 1.82) is 5.26 Å². The molecule has 0 aliphatic rings. The minimum absolute atomic E-state index is 0.0795. The van der Waals surface area contributed by atoms with E-state index in [0.717, 1.165) is 0 Å². The van der Waals surface area contributed by atoms with Gasteiger partial charge in [0.15, 0.2) is 0 Å². The molecule has 8 nitrogen and oxygen atoms in total. The zero-order valence-electron chi connectivity index (χ0n) is 19.4. The summed E-state index contributed by atoms with van der Waals surface area (Å²) in [5, 5.41) is 21.7. The number of carbonyl (C=O) groups excluding carboxylic acids is 1. The lowest BCUT2D eigenvalue weighted by Crippen LogP contribution is -2.34. The molecule has 0 bridgehead atoms. The average molecular weight is 494 g/mol. The molecule has 1 amide bonds. The summed E-state index contributed by atoms with van der Waals surface area (Å²) in [6.45, 7) is 3.87. The van der Waals surface area contributed by atoms with Gasteiger partial charge in [0.05, 0.1) is 30.5 Å². The van der Waals surface area contributed by atoms with Gasteiger partial charge >= 0.3 is 5.97 Å². The molecule has 0 fully saturated rings. The number of anilines is 1. The van der Waals surface area contributed by atoms with Crippen molar-refractivity contribution in [1.82, 2.24) is 4.57 Å². The summed E-state index contributed by atoms with van der Waals surface area (Å²) in [5.41, 5.74) is 1.21. The number of nitriles is 1. The molecule has 3 aromatic rings. The number of halogens is 1. The first-order valence-corrected chi connectivity index (χ1v) is 11.2. The number of ether oxygens (including phenoxy) is 1. The number of nitrogens with zero attached hydrogens (tertiary/aromatic N) is 2. The van der Waals surface area contributed by atoms with E-state index in [-0.39, 0.29) is 11.5 Å².